The molecule has 118 valence electrons. The Kier molecular flexibility index (Phi) is 4.25. The van der Waals surface area contributed by atoms with Gasteiger partial charge in [-0.1, -0.05) is 12.1 Å². The number of hydrogen-bond donors (Lipinski definition) is 1. The second-order valence-electron chi connectivity index (χ2n) is 5.27. The molecule has 5 nitrogen and oxygen atoms in total. The maximum atomic E-state index is 12.3. The smallest absolute Gasteiger partial charge is 0.276 e. The van der Waals surface area contributed by atoms with E-state index in [-0.39, 0.29) is 5.91 Å². The first-order valence-corrected chi connectivity index (χ1v) is 8.33. The Bertz CT molecular complexity index is 850. The van der Waals surface area contributed by atoms with E-state index in [4.69, 9.17) is 0 Å². The van der Waals surface area contributed by atoms with Crippen molar-refractivity contribution in [2.24, 2.45) is 0 Å². The molecule has 0 spiro atoms. The van der Waals surface area contributed by atoms with E-state index in [1.165, 1.54) is 0 Å². The van der Waals surface area contributed by atoms with Crippen molar-refractivity contribution in [1.82, 2.24) is 14.8 Å². The lowest BCUT2D eigenvalue weighted by atomic mass is 10.1. The number of nitrogens with one attached hydrogen (secondary N) is 1. The molecule has 23 heavy (non-hydrogen) atoms. The predicted molar refractivity (Wildman–Crippen MR) is 92.9 cm³/mol. The molecule has 0 fully saturated rings. The van der Waals surface area contributed by atoms with Crippen LogP contribution in [0.5, 0.6) is 0 Å². The fourth-order valence-electron chi connectivity index (χ4n) is 2.39. The summed E-state index contributed by atoms with van der Waals surface area (Å²) in [5.41, 5.74) is 4.06. The van der Waals surface area contributed by atoms with Gasteiger partial charge in [-0.15, -0.1) is 11.3 Å². The molecule has 6 heteroatoms. The standard InChI is InChI=1S/C17H18N4OS/c1-4-21-11(2)8-15(20-21)17(22)19-14-7-5-6-13(9-14)16-10-23-12(3)18-16/h5-10H,4H2,1-3H3,(H,19,22). The number of carbonyl (C=O) groups excluding carboxylic acids is 1. The van der Waals surface area contributed by atoms with Crippen LogP contribution in [-0.4, -0.2) is 20.7 Å². The first-order chi connectivity index (χ1) is 11.1. The second kappa shape index (κ2) is 6.34. The number of carbonyl (C=O) groups is 1. The first kappa shape index (κ1) is 15.4. The van der Waals surface area contributed by atoms with Gasteiger partial charge in [-0.2, -0.15) is 5.10 Å². The van der Waals surface area contributed by atoms with E-state index in [0.717, 1.165) is 34.2 Å². The summed E-state index contributed by atoms with van der Waals surface area (Å²) in [7, 11) is 0. The van der Waals surface area contributed by atoms with E-state index in [1.807, 2.05) is 55.1 Å². The minimum absolute atomic E-state index is 0.202. The summed E-state index contributed by atoms with van der Waals surface area (Å²) in [5.74, 6) is -0.202. The van der Waals surface area contributed by atoms with Crippen LogP contribution in [0, 0.1) is 13.8 Å². The van der Waals surface area contributed by atoms with E-state index < -0.39 is 0 Å². The van der Waals surface area contributed by atoms with Crippen LogP contribution >= 0.6 is 11.3 Å². The zero-order valence-corrected chi connectivity index (χ0v) is 14.1. The van der Waals surface area contributed by atoms with Crippen molar-refractivity contribution in [2.75, 3.05) is 5.32 Å². The fourth-order valence-corrected chi connectivity index (χ4v) is 3.01. The lowest BCUT2D eigenvalue weighted by molar-refractivity contribution is 0.102. The second-order valence-corrected chi connectivity index (χ2v) is 6.34. The van der Waals surface area contributed by atoms with Gasteiger partial charge >= 0.3 is 0 Å². The zero-order valence-electron chi connectivity index (χ0n) is 13.3. The molecule has 0 atom stereocenters. The van der Waals surface area contributed by atoms with Gasteiger partial charge in [0.1, 0.15) is 0 Å². The molecule has 3 aromatic rings. The van der Waals surface area contributed by atoms with Crippen LogP contribution in [-0.2, 0) is 6.54 Å². The maximum absolute atomic E-state index is 12.3. The third-order valence-electron chi connectivity index (χ3n) is 3.55. The first-order valence-electron chi connectivity index (χ1n) is 7.45. The van der Waals surface area contributed by atoms with Crippen molar-refractivity contribution in [3.8, 4) is 11.3 Å². The molecule has 3 rings (SSSR count). The van der Waals surface area contributed by atoms with Crippen LogP contribution in [0.2, 0.25) is 0 Å². The Hall–Kier alpha value is -2.47. The highest BCUT2D eigenvalue weighted by atomic mass is 32.1. The molecule has 0 saturated heterocycles. The van der Waals surface area contributed by atoms with E-state index >= 15 is 0 Å². The average molecular weight is 326 g/mol. The van der Waals surface area contributed by atoms with Gasteiger partial charge in [0.05, 0.1) is 10.7 Å². The highest BCUT2D eigenvalue weighted by Crippen LogP contribution is 2.24. The number of aryl methyl sites for hydroxylation is 3. The van der Waals surface area contributed by atoms with Crippen LogP contribution in [0.4, 0.5) is 5.69 Å². The molecule has 2 aromatic heterocycles. The number of thiazole rings is 1. The summed E-state index contributed by atoms with van der Waals surface area (Å²) in [4.78, 5) is 16.8. The molecule has 0 aliphatic rings. The van der Waals surface area contributed by atoms with Gasteiger partial charge in [0, 0.05) is 28.9 Å². The van der Waals surface area contributed by atoms with Gasteiger partial charge in [-0.25, -0.2) is 4.98 Å². The minimum Gasteiger partial charge on any atom is -0.321 e. The van der Waals surface area contributed by atoms with Crippen LogP contribution in [0.1, 0.15) is 28.1 Å². The molecular formula is C17H18N4OS. The van der Waals surface area contributed by atoms with Gasteiger partial charge in [-0.05, 0) is 39.0 Å². The Morgan fingerprint density at radius 2 is 2.13 bits per heavy atom. The van der Waals surface area contributed by atoms with Crippen molar-refractivity contribution in [3.63, 3.8) is 0 Å². The predicted octanol–water partition coefficient (Wildman–Crippen LogP) is 3.90. The summed E-state index contributed by atoms with van der Waals surface area (Å²) in [6, 6.07) is 9.49. The van der Waals surface area contributed by atoms with E-state index in [9.17, 15) is 4.79 Å². The summed E-state index contributed by atoms with van der Waals surface area (Å²) in [5, 5.41) is 10.2. The highest BCUT2D eigenvalue weighted by molar-refractivity contribution is 7.09. The zero-order chi connectivity index (χ0) is 16.4. The lowest BCUT2D eigenvalue weighted by Crippen LogP contribution is -2.13. The van der Waals surface area contributed by atoms with E-state index in [2.05, 4.69) is 15.4 Å². The number of benzene rings is 1. The number of amides is 1. The SMILES string of the molecule is CCn1nc(C(=O)Nc2cccc(-c3csc(C)n3)c2)cc1C. The van der Waals surface area contributed by atoms with Crippen LogP contribution < -0.4 is 5.32 Å². The maximum Gasteiger partial charge on any atom is 0.276 e. The molecule has 1 aromatic carbocycles. The topological polar surface area (TPSA) is 59.8 Å². The Morgan fingerprint density at radius 3 is 2.78 bits per heavy atom. The summed E-state index contributed by atoms with van der Waals surface area (Å²) in [6.45, 7) is 6.67. The van der Waals surface area contributed by atoms with Gasteiger partial charge in [-0.3, -0.25) is 9.48 Å². The molecule has 2 heterocycles. The summed E-state index contributed by atoms with van der Waals surface area (Å²) in [6.07, 6.45) is 0. The molecule has 0 radical (unpaired) electrons. The Balaban J connectivity index is 1.81. The van der Waals surface area contributed by atoms with E-state index in [1.54, 1.807) is 17.4 Å². The molecule has 0 unspecified atom stereocenters. The normalized spacial score (nSPS) is 10.7. The van der Waals surface area contributed by atoms with Crippen molar-refractivity contribution in [1.29, 1.82) is 0 Å². The summed E-state index contributed by atoms with van der Waals surface area (Å²) < 4.78 is 1.81. The highest BCUT2D eigenvalue weighted by Gasteiger charge is 2.12. The quantitative estimate of drug-likeness (QED) is 0.791. The van der Waals surface area contributed by atoms with Crippen molar-refractivity contribution in [3.05, 3.63) is 52.1 Å². The number of nitrogens with zero attached hydrogens (tertiary/aromatic N) is 3. The molecule has 0 aliphatic carbocycles. The largest absolute Gasteiger partial charge is 0.321 e. The molecule has 0 bridgehead atoms. The van der Waals surface area contributed by atoms with Gasteiger partial charge in [0.25, 0.3) is 5.91 Å². The third kappa shape index (κ3) is 3.32. The van der Waals surface area contributed by atoms with Crippen molar-refractivity contribution < 1.29 is 4.79 Å². The van der Waals surface area contributed by atoms with Crippen LogP contribution in [0.3, 0.4) is 0 Å². The van der Waals surface area contributed by atoms with Crippen molar-refractivity contribution in [2.45, 2.75) is 27.3 Å². The number of rotatable bonds is 4. The van der Waals surface area contributed by atoms with Crippen LogP contribution in [0.25, 0.3) is 11.3 Å². The molecule has 1 amide bonds. The Morgan fingerprint density at radius 1 is 1.30 bits per heavy atom. The Labute approximate surface area is 139 Å². The molecule has 0 aliphatic heterocycles. The number of anilines is 1. The fraction of sp³-hybridized carbons (Fsp3) is 0.235. The van der Waals surface area contributed by atoms with Crippen molar-refractivity contribution >= 4 is 22.9 Å². The van der Waals surface area contributed by atoms with Gasteiger partial charge in [0.2, 0.25) is 0 Å². The number of hydrogen-bond acceptors (Lipinski definition) is 4. The molecule has 1 N–H and O–H groups in total. The van der Waals surface area contributed by atoms with Gasteiger partial charge in [0.15, 0.2) is 5.69 Å². The monoisotopic (exact) mass is 326 g/mol. The van der Waals surface area contributed by atoms with Crippen LogP contribution in [0.15, 0.2) is 35.7 Å². The average Bonchev–Trinajstić information content (AvgIpc) is 3.13. The van der Waals surface area contributed by atoms with E-state index in [0.29, 0.717) is 5.69 Å². The number of aromatic nitrogens is 3. The minimum atomic E-state index is -0.202. The van der Waals surface area contributed by atoms with Gasteiger partial charge < -0.3 is 5.32 Å². The lowest BCUT2D eigenvalue weighted by Gasteiger charge is -2.05. The third-order valence-corrected chi connectivity index (χ3v) is 4.32. The molecular weight excluding hydrogens is 308 g/mol. The summed E-state index contributed by atoms with van der Waals surface area (Å²) >= 11 is 1.61. The molecule has 0 saturated carbocycles.